The van der Waals surface area contributed by atoms with Crippen molar-refractivity contribution in [3.05, 3.63) is 41.1 Å². The van der Waals surface area contributed by atoms with E-state index in [1.165, 1.54) is 0 Å². The lowest BCUT2D eigenvalue weighted by Gasteiger charge is -2.35. The molecule has 7 nitrogen and oxygen atoms in total. The summed E-state index contributed by atoms with van der Waals surface area (Å²) >= 11 is 0. The Labute approximate surface area is 178 Å². The van der Waals surface area contributed by atoms with E-state index in [1.54, 1.807) is 30.9 Å². The zero-order valence-corrected chi connectivity index (χ0v) is 18.6. The van der Waals surface area contributed by atoms with Crippen molar-refractivity contribution in [2.45, 2.75) is 59.9 Å². The second kappa shape index (κ2) is 10.8. The lowest BCUT2D eigenvalue weighted by Crippen LogP contribution is -2.48. The third-order valence-corrected chi connectivity index (χ3v) is 4.95. The predicted octanol–water partition coefficient (Wildman–Crippen LogP) is 4.37. The molecule has 1 aliphatic heterocycles. The Morgan fingerprint density at radius 3 is 2.43 bits per heavy atom. The van der Waals surface area contributed by atoms with Gasteiger partial charge in [-0.1, -0.05) is 39.3 Å². The summed E-state index contributed by atoms with van der Waals surface area (Å²) in [6.07, 6.45) is 2.23. The molecule has 1 aromatic rings. The van der Waals surface area contributed by atoms with Gasteiger partial charge in [0.2, 0.25) is 5.91 Å². The van der Waals surface area contributed by atoms with Gasteiger partial charge in [-0.05, 0) is 43.9 Å². The highest BCUT2D eigenvalue weighted by Gasteiger charge is 2.36. The molecule has 2 rings (SSSR count). The summed E-state index contributed by atoms with van der Waals surface area (Å²) in [6, 6.07) is 6.35. The number of ether oxygens (including phenoxy) is 1. The van der Waals surface area contributed by atoms with Crippen LogP contribution in [0.3, 0.4) is 0 Å². The normalized spacial score (nSPS) is 16.5. The fourth-order valence-electron chi connectivity index (χ4n) is 3.43. The highest BCUT2D eigenvalue weighted by atomic mass is 16.5. The van der Waals surface area contributed by atoms with Crippen LogP contribution in [0.4, 0.5) is 10.5 Å². The number of hydrogen-bond donors (Lipinski definition) is 2. The summed E-state index contributed by atoms with van der Waals surface area (Å²) in [4.78, 5) is 39.0. The van der Waals surface area contributed by atoms with Gasteiger partial charge in [-0.25, -0.2) is 9.59 Å². The Hall–Kier alpha value is -2.83. The minimum absolute atomic E-state index is 0.0433. The zero-order chi connectivity index (χ0) is 22.3. The first-order chi connectivity index (χ1) is 14.3. The van der Waals surface area contributed by atoms with Crippen molar-refractivity contribution in [2.24, 2.45) is 5.92 Å². The summed E-state index contributed by atoms with van der Waals surface area (Å²) in [5.41, 5.74) is 2.48. The molecule has 1 heterocycles. The smallest absolute Gasteiger partial charge is 0.338 e. The molecule has 2 N–H and O–H groups in total. The maximum Gasteiger partial charge on any atom is 0.338 e. The largest absolute Gasteiger partial charge is 0.463 e. The standard InChI is InChI=1S/C23H33N3O4/c1-6-8-13-26-16(5)20(22(28)30-7-2)21(25-23(26)29)17-9-11-18(12-10-17)24-19(27)14-15(3)4/h9-12,15,21H,6-8,13-14H2,1-5H3,(H,24,27)(H,25,29). The van der Waals surface area contributed by atoms with Gasteiger partial charge in [-0.3, -0.25) is 9.69 Å². The number of hydrogen-bond acceptors (Lipinski definition) is 4. The second-order valence-electron chi connectivity index (χ2n) is 7.88. The van der Waals surface area contributed by atoms with Crippen LogP contribution in [0.15, 0.2) is 35.5 Å². The molecule has 164 valence electrons. The topological polar surface area (TPSA) is 87.7 Å². The number of unbranched alkanes of at least 4 members (excludes halogenated alkanes) is 1. The van der Waals surface area contributed by atoms with Gasteiger partial charge in [0.15, 0.2) is 0 Å². The highest BCUT2D eigenvalue weighted by Crippen LogP contribution is 2.32. The SMILES string of the molecule is CCCCN1C(=O)NC(c2ccc(NC(=O)CC(C)C)cc2)C(C(=O)OCC)=C1C. The Balaban J connectivity index is 2.31. The number of urea groups is 1. The monoisotopic (exact) mass is 415 g/mol. The average molecular weight is 416 g/mol. The summed E-state index contributed by atoms with van der Waals surface area (Å²) in [7, 11) is 0. The minimum atomic E-state index is -0.602. The van der Waals surface area contributed by atoms with Gasteiger partial charge >= 0.3 is 12.0 Å². The number of allylic oxidation sites excluding steroid dienone is 1. The van der Waals surface area contributed by atoms with Crippen LogP contribution in [-0.4, -0.2) is 36.0 Å². The van der Waals surface area contributed by atoms with Crippen LogP contribution < -0.4 is 10.6 Å². The van der Waals surface area contributed by atoms with Crippen LogP contribution in [0.5, 0.6) is 0 Å². The summed E-state index contributed by atoms with van der Waals surface area (Å²) in [5, 5.41) is 5.81. The number of anilines is 1. The number of nitrogens with one attached hydrogen (secondary N) is 2. The van der Waals surface area contributed by atoms with Crippen molar-refractivity contribution >= 4 is 23.6 Å². The van der Waals surface area contributed by atoms with Gasteiger partial charge in [0.25, 0.3) is 0 Å². The Morgan fingerprint density at radius 2 is 1.87 bits per heavy atom. The fourth-order valence-corrected chi connectivity index (χ4v) is 3.43. The van der Waals surface area contributed by atoms with Crippen molar-refractivity contribution in [1.29, 1.82) is 0 Å². The average Bonchev–Trinajstić information content (AvgIpc) is 2.67. The number of nitrogens with zero attached hydrogens (tertiary/aromatic N) is 1. The number of amides is 3. The first-order valence-corrected chi connectivity index (χ1v) is 10.6. The number of benzene rings is 1. The van der Waals surface area contributed by atoms with Gasteiger partial charge in [0.1, 0.15) is 0 Å². The number of rotatable bonds is 9. The molecule has 1 unspecified atom stereocenters. The zero-order valence-electron chi connectivity index (χ0n) is 18.6. The molecule has 0 saturated heterocycles. The van der Waals surface area contributed by atoms with Crippen LogP contribution >= 0.6 is 0 Å². The maximum atomic E-state index is 12.7. The third-order valence-electron chi connectivity index (χ3n) is 4.95. The summed E-state index contributed by atoms with van der Waals surface area (Å²) in [5.74, 6) is -0.202. The molecular formula is C23H33N3O4. The molecule has 0 spiro atoms. The Morgan fingerprint density at radius 1 is 1.20 bits per heavy atom. The molecule has 7 heteroatoms. The molecule has 1 aliphatic rings. The van der Waals surface area contributed by atoms with E-state index < -0.39 is 12.0 Å². The molecule has 0 radical (unpaired) electrons. The van der Waals surface area contributed by atoms with Crippen molar-refractivity contribution in [3.8, 4) is 0 Å². The summed E-state index contributed by atoms with van der Waals surface area (Å²) < 4.78 is 5.27. The van der Waals surface area contributed by atoms with Crippen LogP contribution in [-0.2, 0) is 14.3 Å². The summed E-state index contributed by atoms with van der Waals surface area (Å²) in [6.45, 7) is 10.4. The van der Waals surface area contributed by atoms with Crippen molar-refractivity contribution in [3.63, 3.8) is 0 Å². The molecule has 30 heavy (non-hydrogen) atoms. The van der Waals surface area contributed by atoms with Crippen LogP contribution in [0, 0.1) is 5.92 Å². The minimum Gasteiger partial charge on any atom is -0.463 e. The quantitative estimate of drug-likeness (QED) is 0.586. The van der Waals surface area contributed by atoms with E-state index in [9.17, 15) is 14.4 Å². The van der Waals surface area contributed by atoms with Crippen LogP contribution in [0.25, 0.3) is 0 Å². The molecule has 0 bridgehead atoms. The van der Waals surface area contributed by atoms with Gasteiger partial charge in [0, 0.05) is 24.4 Å². The van der Waals surface area contributed by atoms with E-state index in [2.05, 4.69) is 17.6 Å². The number of carbonyl (C=O) groups is 3. The van der Waals surface area contributed by atoms with E-state index in [0.717, 1.165) is 18.4 Å². The molecule has 0 saturated carbocycles. The fraction of sp³-hybridized carbons (Fsp3) is 0.522. The lowest BCUT2D eigenvalue weighted by atomic mass is 9.94. The van der Waals surface area contributed by atoms with Gasteiger partial charge in [0.05, 0.1) is 18.2 Å². The molecule has 0 aliphatic carbocycles. The first kappa shape index (κ1) is 23.4. The van der Waals surface area contributed by atoms with Crippen molar-refractivity contribution in [1.82, 2.24) is 10.2 Å². The predicted molar refractivity (Wildman–Crippen MR) is 117 cm³/mol. The second-order valence-corrected chi connectivity index (χ2v) is 7.88. The highest BCUT2D eigenvalue weighted by molar-refractivity contribution is 5.95. The van der Waals surface area contributed by atoms with E-state index >= 15 is 0 Å². The van der Waals surface area contributed by atoms with E-state index in [-0.39, 0.29) is 24.5 Å². The van der Waals surface area contributed by atoms with Crippen molar-refractivity contribution in [2.75, 3.05) is 18.5 Å². The Bertz CT molecular complexity index is 799. The molecule has 3 amide bonds. The maximum absolute atomic E-state index is 12.7. The molecule has 0 aromatic heterocycles. The van der Waals surface area contributed by atoms with E-state index in [4.69, 9.17) is 4.74 Å². The van der Waals surface area contributed by atoms with Crippen LogP contribution in [0.2, 0.25) is 0 Å². The lowest BCUT2D eigenvalue weighted by molar-refractivity contribution is -0.139. The molecular weight excluding hydrogens is 382 g/mol. The van der Waals surface area contributed by atoms with Gasteiger partial charge in [-0.2, -0.15) is 0 Å². The van der Waals surface area contributed by atoms with E-state index in [1.807, 2.05) is 26.0 Å². The Kier molecular flexibility index (Phi) is 8.45. The van der Waals surface area contributed by atoms with Crippen molar-refractivity contribution < 1.29 is 19.1 Å². The van der Waals surface area contributed by atoms with Gasteiger partial charge in [-0.15, -0.1) is 0 Å². The van der Waals surface area contributed by atoms with E-state index in [0.29, 0.717) is 29.9 Å². The third kappa shape index (κ3) is 5.84. The first-order valence-electron chi connectivity index (χ1n) is 10.6. The number of carbonyl (C=O) groups excluding carboxylic acids is 3. The van der Waals surface area contributed by atoms with Gasteiger partial charge < -0.3 is 15.4 Å². The molecule has 1 aromatic carbocycles. The molecule has 1 atom stereocenters. The van der Waals surface area contributed by atoms with Crippen LogP contribution in [0.1, 0.15) is 65.5 Å². The number of esters is 1. The molecule has 0 fully saturated rings.